The Morgan fingerprint density at radius 2 is 1.72 bits per heavy atom. The molecular formula is C33H39F3N6O5. The number of benzene rings is 2. The zero-order chi connectivity index (χ0) is 33.7. The lowest BCUT2D eigenvalue weighted by atomic mass is 9.97. The summed E-state index contributed by atoms with van der Waals surface area (Å²) in [7, 11) is 2.00. The van der Waals surface area contributed by atoms with Crippen molar-refractivity contribution in [1.82, 2.24) is 24.3 Å². The van der Waals surface area contributed by atoms with E-state index in [0.717, 1.165) is 31.1 Å². The van der Waals surface area contributed by atoms with Gasteiger partial charge in [0.1, 0.15) is 17.5 Å². The molecule has 1 unspecified atom stereocenters. The van der Waals surface area contributed by atoms with E-state index in [0.29, 0.717) is 49.9 Å². The predicted octanol–water partition coefficient (Wildman–Crippen LogP) is 4.73. The largest absolute Gasteiger partial charge is 0.573 e. The minimum absolute atomic E-state index is 0.0455. The van der Waals surface area contributed by atoms with Gasteiger partial charge in [0.05, 0.1) is 22.3 Å². The number of aromatic nitrogens is 2. The summed E-state index contributed by atoms with van der Waals surface area (Å²) < 4.78 is 51.0. The molecule has 3 heterocycles. The van der Waals surface area contributed by atoms with Gasteiger partial charge in [-0.25, -0.2) is 9.78 Å². The Labute approximate surface area is 270 Å². The monoisotopic (exact) mass is 656 g/mol. The number of fused-ring (bicyclic) bond motifs is 1. The van der Waals surface area contributed by atoms with Crippen molar-refractivity contribution in [3.63, 3.8) is 0 Å². The highest BCUT2D eigenvalue weighted by molar-refractivity contribution is 6.01. The van der Waals surface area contributed by atoms with E-state index in [9.17, 15) is 27.6 Å². The van der Waals surface area contributed by atoms with Crippen LogP contribution in [-0.4, -0.2) is 100 Å². The number of likely N-dealkylation sites (N-methyl/N-ethyl adjacent to an activating group) is 1. The molecule has 3 aromatic rings. The van der Waals surface area contributed by atoms with E-state index in [1.807, 2.05) is 40.0 Å². The molecule has 3 aliphatic rings. The van der Waals surface area contributed by atoms with Crippen molar-refractivity contribution in [3.05, 3.63) is 58.6 Å². The summed E-state index contributed by atoms with van der Waals surface area (Å²) in [6.07, 6.45) is -2.10. The van der Waals surface area contributed by atoms with Crippen LogP contribution in [0.1, 0.15) is 51.5 Å². The molecule has 6 rings (SSSR count). The molecule has 2 aliphatic heterocycles. The number of hydrogen-bond acceptors (Lipinski definition) is 8. The first-order valence-electron chi connectivity index (χ1n) is 15.8. The van der Waals surface area contributed by atoms with Crippen LogP contribution in [0.4, 0.5) is 23.7 Å². The highest BCUT2D eigenvalue weighted by Crippen LogP contribution is 2.44. The summed E-state index contributed by atoms with van der Waals surface area (Å²) >= 11 is 0. The summed E-state index contributed by atoms with van der Waals surface area (Å²) in [5, 5.41) is 2.99. The SMILES string of the molecule is CN1CCN(C2(C(=O)Nc3cc(-n4cnc5cc(C6CCN(C(=O)OC(C)(C)C)C6)ccc5c4=O)ccc3OC(F)(F)F)CC2)CC1. The van der Waals surface area contributed by atoms with E-state index in [-0.39, 0.29) is 23.4 Å². The fourth-order valence-electron chi connectivity index (χ4n) is 6.36. The minimum Gasteiger partial charge on any atom is -0.444 e. The molecule has 0 bridgehead atoms. The summed E-state index contributed by atoms with van der Waals surface area (Å²) in [4.78, 5) is 50.1. The lowest BCUT2D eigenvalue weighted by Gasteiger charge is -2.37. The lowest BCUT2D eigenvalue weighted by molar-refractivity contribution is -0.274. The lowest BCUT2D eigenvalue weighted by Crippen LogP contribution is -2.54. The zero-order valence-corrected chi connectivity index (χ0v) is 26.9. The number of piperazine rings is 1. The number of alkyl halides is 3. The van der Waals surface area contributed by atoms with Crippen molar-refractivity contribution in [2.75, 3.05) is 51.6 Å². The third kappa shape index (κ3) is 7.08. The summed E-state index contributed by atoms with van der Waals surface area (Å²) in [5.74, 6) is -0.934. The number of nitrogens with zero attached hydrogens (tertiary/aromatic N) is 5. The molecule has 0 spiro atoms. The number of likely N-dealkylation sites (tertiary alicyclic amines) is 1. The second-order valence-corrected chi connectivity index (χ2v) is 13.6. The smallest absolute Gasteiger partial charge is 0.444 e. The van der Waals surface area contributed by atoms with Crippen molar-refractivity contribution < 1.29 is 32.2 Å². The van der Waals surface area contributed by atoms with E-state index in [4.69, 9.17) is 4.74 Å². The maximum absolute atomic E-state index is 13.6. The first-order valence-corrected chi connectivity index (χ1v) is 15.8. The van der Waals surface area contributed by atoms with Gasteiger partial charge in [0.25, 0.3) is 5.56 Å². The molecule has 1 N–H and O–H groups in total. The van der Waals surface area contributed by atoms with Gasteiger partial charge in [-0.15, -0.1) is 13.2 Å². The molecule has 11 nitrogen and oxygen atoms in total. The van der Waals surface area contributed by atoms with Crippen LogP contribution in [0.3, 0.4) is 0 Å². The zero-order valence-electron chi connectivity index (χ0n) is 26.9. The van der Waals surface area contributed by atoms with E-state index >= 15 is 0 Å². The first-order chi connectivity index (χ1) is 22.1. The van der Waals surface area contributed by atoms with Crippen LogP contribution in [0.5, 0.6) is 5.75 Å². The Hall–Kier alpha value is -4.17. The number of amides is 2. The molecule has 1 atom stereocenters. The average molecular weight is 657 g/mol. The molecular weight excluding hydrogens is 617 g/mol. The quantitative estimate of drug-likeness (QED) is 0.406. The third-order valence-electron chi connectivity index (χ3n) is 9.06. The van der Waals surface area contributed by atoms with Gasteiger partial charge >= 0.3 is 12.5 Å². The van der Waals surface area contributed by atoms with E-state index < -0.39 is 34.7 Å². The molecule has 2 amide bonds. The Balaban J connectivity index is 1.25. The van der Waals surface area contributed by atoms with Gasteiger partial charge < -0.3 is 24.6 Å². The number of anilines is 1. The van der Waals surface area contributed by atoms with Crippen LogP contribution in [0, 0.1) is 0 Å². The number of nitrogens with one attached hydrogen (secondary N) is 1. The van der Waals surface area contributed by atoms with Crippen molar-refractivity contribution in [1.29, 1.82) is 0 Å². The van der Waals surface area contributed by atoms with Crippen LogP contribution in [0.15, 0.2) is 47.5 Å². The number of halogens is 3. The van der Waals surface area contributed by atoms with Gasteiger partial charge in [-0.2, -0.15) is 0 Å². The topological polar surface area (TPSA) is 109 Å². The number of carbonyl (C=O) groups excluding carboxylic acids is 2. The van der Waals surface area contributed by atoms with Crippen LogP contribution >= 0.6 is 0 Å². The van der Waals surface area contributed by atoms with Crippen molar-refractivity contribution in [2.24, 2.45) is 0 Å². The molecule has 3 fully saturated rings. The van der Waals surface area contributed by atoms with Crippen molar-refractivity contribution in [2.45, 2.75) is 63.5 Å². The molecule has 2 aromatic carbocycles. The third-order valence-corrected chi connectivity index (χ3v) is 9.06. The fraction of sp³-hybridized carbons (Fsp3) is 0.515. The maximum atomic E-state index is 13.6. The number of carbonyl (C=O) groups is 2. The van der Waals surface area contributed by atoms with Crippen LogP contribution in [-0.2, 0) is 9.53 Å². The van der Waals surface area contributed by atoms with Gasteiger partial charge in [0.15, 0.2) is 5.75 Å². The van der Waals surface area contributed by atoms with Gasteiger partial charge in [0.2, 0.25) is 5.91 Å². The highest BCUT2D eigenvalue weighted by Gasteiger charge is 2.55. The number of rotatable bonds is 6. The van der Waals surface area contributed by atoms with E-state index in [1.165, 1.54) is 23.0 Å². The standard InChI is InChI=1S/C33H39F3N6O5/c1-31(2,3)47-30(45)40-12-9-22(19-40)21-5-7-24-25(17-21)37-20-42(28(24)43)23-6-8-27(46-33(34,35)36)26(18-23)38-29(44)32(10-11-32)41-15-13-39(4)14-16-41/h5-8,17-18,20,22H,9-16,19H2,1-4H3,(H,38,44). The predicted molar refractivity (Wildman–Crippen MR) is 169 cm³/mol. The molecule has 1 aliphatic carbocycles. The van der Waals surface area contributed by atoms with Gasteiger partial charge in [-0.1, -0.05) is 6.07 Å². The molecule has 252 valence electrons. The van der Waals surface area contributed by atoms with Gasteiger partial charge in [-0.3, -0.25) is 19.1 Å². The Kier molecular flexibility index (Phi) is 8.45. The van der Waals surface area contributed by atoms with Gasteiger partial charge in [-0.05, 0) is 83.0 Å². The highest BCUT2D eigenvalue weighted by atomic mass is 19.4. The molecule has 1 aromatic heterocycles. The van der Waals surface area contributed by atoms with Crippen molar-refractivity contribution >= 4 is 28.6 Å². The van der Waals surface area contributed by atoms with E-state index in [2.05, 4.69) is 24.8 Å². The summed E-state index contributed by atoms with van der Waals surface area (Å²) in [6.45, 7) is 9.43. The average Bonchev–Trinajstić information content (AvgIpc) is 3.65. The molecule has 47 heavy (non-hydrogen) atoms. The Morgan fingerprint density at radius 3 is 2.38 bits per heavy atom. The molecule has 2 saturated heterocycles. The van der Waals surface area contributed by atoms with Crippen molar-refractivity contribution in [3.8, 4) is 11.4 Å². The van der Waals surface area contributed by atoms with Crippen LogP contribution < -0.4 is 15.6 Å². The molecule has 14 heteroatoms. The van der Waals surface area contributed by atoms with Crippen LogP contribution in [0.2, 0.25) is 0 Å². The van der Waals surface area contributed by atoms with E-state index in [1.54, 1.807) is 11.0 Å². The summed E-state index contributed by atoms with van der Waals surface area (Å²) in [5.41, 5.74) is -0.399. The summed E-state index contributed by atoms with van der Waals surface area (Å²) in [6, 6.07) is 9.03. The number of ether oxygens (including phenoxy) is 2. The molecule has 0 radical (unpaired) electrons. The normalized spacial score (nSPS) is 20.3. The van der Waals surface area contributed by atoms with Gasteiger partial charge in [0, 0.05) is 45.2 Å². The first kappa shape index (κ1) is 32.8. The van der Waals surface area contributed by atoms with Crippen LogP contribution in [0.25, 0.3) is 16.6 Å². The Morgan fingerprint density at radius 1 is 1.00 bits per heavy atom. The Bertz CT molecular complexity index is 1740. The second kappa shape index (κ2) is 12.1. The number of hydrogen-bond donors (Lipinski definition) is 1. The fourth-order valence-corrected chi connectivity index (χ4v) is 6.36. The maximum Gasteiger partial charge on any atom is 0.573 e. The second-order valence-electron chi connectivity index (χ2n) is 13.6. The minimum atomic E-state index is -4.99. The molecule has 1 saturated carbocycles.